The number of aliphatic hydroxyl groups is 2. The Bertz CT molecular complexity index is 900. The number of esters is 1. The Morgan fingerprint density at radius 1 is 1.43 bits per heavy atom. The molecule has 1 aromatic carbocycles. The molecule has 3 saturated heterocycles. The van der Waals surface area contributed by atoms with Gasteiger partial charge in [-0.15, -0.1) is 0 Å². The summed E-state index contributed by atoms with van der Waals surface area (Å²) in [6.07, 6.45) is 2.59. The maximum absolute atomic E-state index is 13.5. The molecule has 6 nitrogen and oxygen atoms in total. The molecule has 0 amide bonds. The number of fused-ring (bicyclic) bond motifs is 3. The number of hydrogen-bond donors (Lipinski definition) is 3. The summed E-state index contributed by atoms with van der Waals surface area (Å²) in [6.45, 7) is 3.26. The van der Waals surface area contributed by atoms with Gasteiger partial charge in [-0.25, -0.2) is 0 Å². The number of carbonyl (C=O) groups is 1. The van der Waals surface area contributed by atoms with Crippen LogP contribution in [-0.2, 0) is 14.9 Å². The lowest BCUT2D eigenvalue weighted by molar-refractivity contribution is -0.944. The van der Waals surface area contributed by atoms with Crippen molar-refractivity contribution in [3.05, 3.63) is 41.5 Å². The summed E-state index contributed by atoms with van der Waals surface area (Å²) in [5.41, 5.74) is 0.476. The summed E-state index contributed by atoms with van der Waals surface area (Å²) in [6, 6.07) is 8.04. The molecule has 6 heteroatoms. The van der Waals surface area contributed by atoms with E-state index in [1.165, 1.54) is 7.11 Å². The van der Waals surface area contributed by atoms with Gasteiger partial charge in [-0.05, 0) is 30.5 Å². The topological polar surface area (TPSA) is 78.8 Å². The van der Waals surface area contributed by atoms with Crippen LogP contribution in [0.2, 0.25) is 0 Å². The lowest BCUT2D eigenvalue weighted by atomic mass is 9.45. The minimum Gasteiger partial charge on any atom is -0.468 e. The zero-order valence-electron chi connectivity index (χ0n) is 16.7. The van der Waals surface area contributed by atoms with E-state index < -0.39 is 22.6 Å². The van der Waals surface area contributed by atoms with Crippen LogP contribution in [0.5, 0.6) is 0 Å². The molecule has 1 saturated carbocycles. The number of para-hydroxylation sites is 1. The van der Waals surface area contributed by atoms with E-state index >= 15 is 0 Å². The maximum atomic E-state index is 13.5. The predicted octanol–water partition coefficient (Wildman–Crippen LogP) is 1.39. The maximum Gasteiger partial charge on any atom is 0.316 e. The van der Waals surface area contributed by atoms with Gasteiger partial charge in [0, 0.05) is 18.0 Å². The minimum atomic E-state index is -1.13. The number of methoxy groups -OCH3 is 1. The standard InChI is InChI=1S/C22H29N2O4/c1-4-14-12-24(2)10-9-21-15-7-5-6-8-17(15)23-22(21,24)18(26)11-16(14)20(21,13-25)19(27)28-3/h4-8,16,18,23,25-26H,9-13H2,1-3H3/q+1/b14-4+/t16-,18-,20?,21-,22-,24-/m0/s1. The van der Waals surface area contributed by atoms with E-state index in [0.29, 0.717) is 17.3 Å². The summed E-state index contributed by atoms with van der Waals surface area (Å²) in [5, 5.41) is 26.2. The highest BCUT2D eigenvalue weighted by Crippen LogP contribution is 2.74. The molecule has 28 heavy (non-hydrogen) atoms. The molecule has 1 aliphatic carbocycles. The van der Waals surface area contributed by atoms with Crippen LogP contribution in [-0.4, -0.2) is 66.3 Å². The summed E-state index contributed by atoms with van der Waals surface area (Å²) in [5.74, 6) is -0.629. The number of likely N-dealkylation sites (N-methyl/N-ethyl adjacent to an activating group) is 1. The Kier molecular flexibility index (Phi) is 3.49. The van der Waals surface area contributed by atoms with Crippen LogP contribution in [0.3, 0.4) is 0 Å². The Balaban J connectivity index is 1.96. The molecule has 1 aromatic rings. The van der Waals surface area contributed by atoms with Crippen molar-refractivity contribution < 1.29 is 24.2 Å². The molecule has 6 atom stereocenters. The lowest BCUT2D eigenvalue weighted by Gasteiger charge is -2.58. The molecule has 4 fully saturated rings. The number of hydrogen-bond acceptors (Lipinski definition) is 5. The largest absolute Gasteiger partial charge is 0.468 e. The Labute approximate surface area is 165 Å². The molecule has 5 aliphatic rings. The average molecular weight is 385 g/mol. The molecule has 4 bridgehead atoms. The van der Waals surface area contributed by atoms with Gasteiger partial charge in [-0.2, -0.15) is 0 Å². The fourth-order valence-corrected chi connectivity index (χ4v) is 7.70. The van der Waals surface area contributed by atoms with Gasteiger partial charge in [-0.3, -0.25) is 9.28 Å². The first-order valence-electron chi connectivity index (χ1n) is 10.1. The Morgan fingerprint density at radius 2 is 2.18 bits per heavy atom. The van der Waals surface area contributed by atoms with Crippen LogP contribution in [0.1, 0.15) is 25.3 Å². The third-order valence-electron chi connectivity index (χ3n) is 8.64. The van der Waals surface area contributed by atoms with E-state index in [1.54, 1.807) is 0 Å². The number of nitrogens with zero attached hydrogens (tertiary/aromatic N) is 1. The van der Waals surface area contributed by atoms with Gasteiger partial charge in [0.05, 0.1) is 32.7 Å². The molecule has 6 rings (SSSR count). The van der Waals surface area contributed by atoms with Crippen molar-refractivity contribution in [3.63, 3.8) is 0 Å². The van der Waals surface area contributed by atoms with Crippen molar-refractivity contribution in [3.8, 4) is 0 Å². The normalized spacial score (nSPS) is 46.7. The first kappa shape index (κ1) is 18.2. The SMILES string of the molecule is C/C=C1\C[N@+]2(C)CC[C@@]34c5ccccc5N[C@]32[C@@H](O)C[C@@H]1C4(CO)C(=O)OC. The smallest absolute Gasteiger partial charge is 0.316 e. The number of anilines is 1. The van der Waals surface area contributed by atoms with Crippen molar-refractivity contribution in [1.29, 1.82) is 0 Å². The lowest BCUT2D eigenvalue weighted by Crippen LogP contribution is -2.78. The molecule has 150 valence electrons. The second-order valence-corrected chi connectivity index (χ2v) is 9.16. The van der Waals surface area contributed by atoms with Crippen LogP contribution in [0, 0.1) is 11.3 Å². The number of benzene rings is 1. The zero-order valence-corrected chi connectivity index (χ0v) is 16.7. The Morgan fingerprint density at radius 3 is 2.86 bits per heavy atom. The first-order chi connectivity index (χ1) is 13.4. The van der Waals surface area contributed by atoms with Crippen LogP contribution in [0.15, 0.2) is 35.9 Å². The van der Waals surface area contributed by atoms with Crippen LogP contribution < -0.4 is 5.32 Å². The number of aliphatic hydroxyl groups excluding tert-OH is 2. The van der Waals surface area contributed by atoms with Gasteiger partial charge in [0.1, 0.15) is 18.1 Å². The quantitative estimate of drug-likeness (QED) is 0.407. The van der Waals surface area contributed by atoms with E-state index in [1.807, 2.05) is 25.1 Å². The van der Waals surface area contributed by atoms with E-state index in [4.69, 9.17) is 4.74 Å². The molecule has 4 heterocycles. The van der Waals surface area contributed by atoms with Crippen molar-refractivity contribution in [2.75, 3.05) is 39.2 Å². The van der Waals surface area contributed by atoms with Crippen molar-refractivity contribution in [2.45, 2.75) is 36.9 Å². The molecule has 0 radical (unpaired) electrons. The molecule has 1 unspecified atom stereocenters. The Hall–Kier alpha value is -1.89. The van der Waals surface area contributed by atoms with Gasteiger partial charge in [-0.1, -0.05) is 24.3 Å². The van der Waals surface area contributed by atoms with E-state index in [0.717, 1.165) is 29.9 Å². The zero-order chi connectivity index (χ0) is 19.9. The second-order valence-electron chi connectivity index (χ2n) is 9.16. The van der Waals surface area contributed by atoms with Gasteiger partial charge >= 0.3 is 5.97 Å². The summed E-state index contributed by atoms with van der Waals surface area (Å²) in [4.78, 5) is 13.5. The molecular weight excluding hydrogens is 356 g/mol. The number of quaternary nitrogens is 1. The highest BCUT2D eigenvalue weighted by molar-refractivity contribution is 5.85. The van der Waals surface area contributed by atoms with Crippen LogP contribution in [0.25, 0.3) is 0 Å². The van der Waals surface area contributed by atoms with E-state index in [2.05, 4.69) is 24.5 Å². The third kappa shape index (κ3) is 1.52. The molecule has 3 N–H and O–H groups in total. The van der Waals surface area contributed by atoms with Gasteiger partial charge < -0.3 is 20.3 Å². The second kappa shape index (κ2) is 5.38. The van der Waals surface area contributed by atoms with Crippen molar-refractivity contribution in [1.82, 2.24) is 0 Å². The monoisotopic (exact) mass is 385 g/mol. The minimum absolute atomic E-state index is 0.258. The first-order valence-corrected chi connectivity index (χ1v) is 10.1. The van der Waals surface area contributed by atoms with Crippen LogP contribution >= 0.6 is 0 Å². The number of carbonyl (C=O) groups excluding carboxylic acids is 1. The van der Waals surface area contributed by atoms with E-state index in [9.17, 15) is 15.0 Å². The third-order valence-corrected chi connectivity index (χ3v) is 8.64. The average Bonchev–Trinajstić information content (AvgIpc) is 3.12. The fraction of sp³-hybridized carbons (Fsp3) is 0.591. The summed E-state index contributed by atoms with van der Waals surface area (Å²) >= 11 is 0. The highest BCUT2D eigenvalue weighted by atomic mass is 16.5. The summed E-state index contributed by atoms with van der Waals surface area (Å²) < 4.78 is 5.98. The number of nitrogens with one attached hydrogen (secondary N) is 1. The van der Waals surface area contributed by atoms with Crippen LogP contribution in [0.4, 0.5) is 5.69 Å². The van der Waals surface area contributed by atoms with Crippen molar-refractivity contribution >= 4 is 11.7 Å². The molecule has 0 aromatic heterocycles. The molecular formula is C22H29N2O4+. The number of ether oxygens (including phenoxy) is 1. The van der Waals surface area contributed by atoms with Gasteiger partial charge in [0.15, 0.2) is 0 Å². The molecule has 1 spiro atoms. The predicted molar refractivity (Wildman–Crippen MR) is 104 cm³/mol. The molecule has 4 aliphatic heterocycles. The number of rotatable bonds is 2. The van der Waals surface area contributed by atoms with Gasteiger partial charge in [0.2, 0.25) is 5.66 Å². The van der Waals surface area contributed by atoms with Gasteiger partial charge in [0.25, 0.3) is 0 Å². The number of allylic oxidation sites excluding steroid dienone is 1. The van der Waals surface area contributed by atoms with Crippen molar-refractivity contribution in [2.24, 2.45) is 11.3 Å². The van der Waals surface area contributed by atoms with E-state index in [-0.39, 0.29) is 18.5 Å². The fourth-order valence-electron chi connectivity index (χ4n) is 7.70. The summed E-state index contributed by atoms with van der Waals surface area (Å²) in [7, 11) is 3.59. The highest BCUT2D eigenvalue weighted by Gasteiger charge is 2.88.